The van der Waals surface area contributed by atoms with E-state index in [1.165, 1.54) is 7.11 Å². The average molecular weight is 387 g/mol. The van der Waals surface area contributed by atoms with E-state index in [1.807, 2.05) is 30.5 Å². The number of halogens is 1. The molecule has 140 valence electrons. The Labute approximate surface area is 160 Å². The molecule has 2 unspecified atom stereocenters. The molecule has 0 saturated carbocycles. The van der Waals surface area contributed by atoms with Gasteiger partial charge in [-0.3, -0.25) is 9.59 Å². The predicted octanol–water partition coefficient (Wildman–Crippen LogP) is 2.94. The summed E-state index contributed by atoms with van der Waals surface area (Å²) in [7, 11) is 1.37. The van der Waals surface area contributed by atoms with Gasteiger partial charge in [-0.15, -0.1) is 24.2 Å². The summed E-state index contributed by atoms with van der Waals surface area (Å²) >= 11 is 1.66. The summed E-state index contributed by atoms with van der Waals surface area (Å²) in [6.45, 7) is 2.04. The van der Waals surface area contributed by atoms with Gasteiger partial charge in [-0.05, 0) is 55.8 Å². The number of carbonyl (C=O) groups excluding carboxylic acids is 2. The van der Waals surface area contributed by atoms with E-state index < -0.39 is 0 Å². The molecule has 0 aromatic heterocycles. The lowest BCUT2D eigenvalue weighted by molar-refractivity contribution is -0.141. The molecule has 0 aliphatic carbocycles. The van der Waals surface area contributed by atoms with Crippen molar-refractivity contribution in [3.05, 3.63) is 29.8 Å². The lowest BCUT2D eigenvalue weighted by Gasteiger charge is -2.19. The quantitative estimate of drug-likeness (QED) is 0.531. The molecular weight excluding hydrogens is 360 g/mol. The molecule has 0 spiro atoms. The van der Waals surface area contributed by atoms with Crippen molar-refractivity contribution in [1.29, 1.82) is 0 Å². The molecule has 1 heterocycles. The van der Waals surface area contributed by atoms with E-state index in [0.29, 0.717) is 12.3 Å². The fourth-order valence-electron chi connectivity index (χ4n) is 2.90. The Morgan fingerprint density at radius 1 is 1.36 bits per heavy atom. The van der Waals surface area contributed by atoms with Crippen molar-refractivity contribution >= 4 is 36.0 Å². The van der Waals surface area contributed by atoms with Gasteiger partial charge < -0.3 is 15.4 Å². The summed E-state index contributed by atoms with van der Waals surface area (Å²) in [5, 5.41) is 6.31. The van der Waals surface area contributed by atoms with Crippen LogP contribution in [0, 0.1) is 5.92 Å². The van der Waals surface area contributed by atoms with E-state index in [2.05, 4.69) is 10.6 Å². The minimum absolute atomic E-state index is 0. The number of thioether (sulfide) groups is 1. The van der Waals surface area contributed by atoms with Gasteiger partial charge in [0, 0.05) is 11.3 Å². The van der Waals surface area contributed by atoms with Crippen LogP contribution in [0.25, 0.3) is 0 Å². The fraction of sp³-hybridized carbons (Fsp3) is 0.556. The highest BCUT2D eigenvalue weighted by molar-refractivity contribution is 7.98. The van der Waals surface area contributed by atoms with Crippen LogP contribution >= 0.6 is 24.2 Å². The molecule has 1 amide bonds. The highest BCUT2D eigenvalue weighted by Gasteiger charge is 2.20. The molecule has 1 aliphatic heterocycles. The second-order valence-corrected chi connectivity index (χ2v) is 6.95. The van der Waals surface area contributed by atoms with Crippen LogP contribution in [-0.2, 0) is 14.3 Å². The Morgan fingerprint density at radius 3 is 2.64 bits per heavy atom. The minimum atomic E-state index is -0.345. The van der Waals surface area contributed by atoms with Crippen LogP contribution in [0.2, 0.25) is 0 Å². The number of hydrogen-bond donors (Lipinski definition) is 2. The van der Waals surface area contributed by atoms with Crippen LogP contribution in [0.15, 0.2) is 29.2 Å². The number of rotatable bonds is 8. The van der Waals surface area contributed by atoms with E-state index in [0.717, 1.165) is 36.4 Å². The zero-order chi connectivity index (χ0) is 17.4. The van der Waals surface area contributed by atoms with Crippen molar-refractivity contribution in [3.63, 3.8) is 0 Å². The average Bonchev–Trinajstić information content (AvgIpc) is 3.13. The van der Waals surface area contributed by atoms with Gasteiger partial charge in [0.15, 0.2) is 0 Å². The van der Waals surface area contributed by atoms with E-state index >= 15 is 0 Å². The van der Waals surface area contributed by atoms with Crippen molar-refractivity contribution in [2.75, 3.05) is 26.5 Å². The van der Waals surface area contributed by atoms with Crippen LogP contribution < -0.4 is 10.6 Å². The summed E-state index contributed by atoms with van der Waals surface area (Å²) in [4.78, 5) is 25.1. The van der Waals surface area contributed by atoms with Crippen LogP contribution in [0.4, 0.5) is 0 Å². The molecular formula is C18H27ClN2O3S. The van der Waals surface area contributed by atoms with E-state index in [4.69, 9.17) is 4.74 Å². The van der Waals surface area contributed by atoms with Gasteiger partial charge in [0.1, 0.15) is 0 Å². The molecule has 0 bridgehead atoms. The highest BCUT2D eigenvalue weighted by atomic mass is 35.5. The van der Waals surface area contributed by atoms with Gasteiger partial charge in [-0.2, -0.15) is 0 Å². The van der Waals surface area contributed by atoms with Gasteiger partial charge in [0.2, 0.25) is 5.91 Å². The van der Waals surface area contributed by atoms with Gasteiger partial charge in [-0.25, -0.2) is 0 Å². The Balaban J connectivity index is 0.00000312. The first-order valence-corrected chi connectivity index (χ1v) is 9.55. The Hall–Kier alpha value is -1.24. The summed E-state index contributed by atoms with van der Waals surface area (Å²) in [6.07, 6.45) is 4.67. The monoisotopic (exact) mass is 386 g/mol. The van der Waals surface area contributed by atoms with Gasteiger partial charge in [0.25, 0.3) is 0 Å². The van der Waals surface area contributed by atoms with Crippen LogP contribution in [0.5, 0.6) is 0 Å². The first-order valence-electron chi connectivity index (χ1n) is 8.33. The third-order valence-corrected chi connectivity index (χ3v) is 5.14. The maximum absolute atomic E-state index is 12.3. The van der Waals surface area contributed by atoms with Crippen molar-refractivity contribution in [1.82, 2.24) is 10.6 Å². The summed E-state index contributed by atoms with van der Waals surface area (Å²) in [5.74, 6) is 0.245. The molecule has 1 aromatic rings. The molecule has 1 saturated heterocycles. The number of amides is 1. The smallest absolute Gasteiger partial charge is 0.307 e. The summed E-state index contributed by atoms with van der Waals surface area (Å²) < 4.78 is 4.77. The number of ether oxygens (including phenoxy) is 1. The summed E-state index contributed by atoms with van der Waals surface area (Å²) in [6, 6.07) is 7.57. The van der Waals surface area contributed by atoms with E-state index in [1.54, 1.807) is 11.8 Å². The number of esters is 1. The van der Waals surface area contributed by atoms with Crippen LogP contribution in [0.3, 0.4) is 0 Å². The normalized spacial score (nSPS) is 17.4. The van der Waals surface area contributed by atoms with Crippen molar-refractivity contribution in [3.8, 4) is 0 Å². The second kappa shape index (κ2) is 11.4. The maximum Gasteiger partial charge on any atom is 0.307 e. The molecule has 1 fully saturated rings. The van der Waals surface area contributed by atoms with Crippen molar-refractivity contribution < 1.29 is 14.3 Å². The van der Waals surface area contributed by atoms with Crippen LogP contribution in [-0.4, -0.2) is 38.3 Å². The number of hydrogen-bond acceptors (Lipinski definition) is 5. The van der Waals surface area contributed by atoms with E-state index in [9.17, 15) is 9.59 Å². The first-order chi connectivity index (χ1) is 11.6. The lowest BCUT2D eigenvalue weighted by atomic mass is 10.0. The number of carbonyl (C=O) groups is 2. The molecule has 5 nitrogen and oxygen atoms in total. The second-order valence-electron chi connectivity index (χ2n) is 6.07. The largest absolute Gasteiger partial charge is 0.469 e. The number of nitrogens with one attached hydrogen (secondary N) is 2. The zero-order valence-corrected chi connectivity index (χ0v) is 16.4. The summed E-state index contributed by atoms with van der Waals surface area (Å²) in [5.41, 5.74) is 0.925. The van der Waals surface area contributed by atoms with Gasteiger partial charge in [-0.1, -0.05) is 12.1 Å². The minimum Gasteiger partial charge on any atom is -0.469 e. The highest BCUT2D eigenvalue weighted by Crippen LogP contribution is 2.22. The first kappa shape index (κ1) is 21.8. The van der Waals surface area contributed by atoms with Crippen LogP contribution in [0.1, 0.15) is 37.3 Å². The number of benzene rings is 1. The van der Waals surface area contributed by atoms with Gasteiger partial charge >= 0.3 is 5.97 Å². The Bertz CT molecular complexity index is 548. The third-order valence-electron chi connectivity index (χ3n) is 4.39. The topological polar surface area (TPSA) is 67.4 Å². The molecule has 7 heteroatoms. The van der Waals surface area contributed by atoms with Crippen molar-refractivity contribution in [2.24, 2.45) is 5.92 Å². The molecule has 2 atom stereocenters. The fourth-order valence-corrected chi connectivity index (χ4v) is 3.31. The van der Waals surface area contributed by atoms with Gasteiger partial charge in [0.05, 0.1) is 19.6 Å². The molecule has 2 N–H and O–H groups in total. The zero-order valence-electron chi connectivity index (χ0n) is 14.7. The molecule has 1 aliphatic rings. The van der Waals surface area contributed by atoms with E-state index in [-0.39, 0.29) is 36.7 Å². The molecule has 1 aromatic carbocycles. The standard InChI is InChI=1S/C18H26N2O3S.ClH/c1-23-18(22)11-16(14-4-6-15(24-2)7-5-14)20-17(21)8-3-13-9-10-19-12-13;/h4-7,13,16,19H,3,8-12H2,1-2H3,(H,20,21);1H. The lowest BCUT2D eigenvalue weighted by Crippen LogP contribution is -2.30. The Morgan fingerprint density at radius 2 is 2.08 bits per heavy atom. The predicted molar refractivity (Wildman–Crippen MR) is 103 cm³/mol. The molecule has 2 rings (SSSR count). The van der Waals surface area contributed by atoms with Crippen molar-refractivity contribution in [2.45, 2.75) is 36.6 Å². The number of methoxy groups -OCH3 is 1. The molecule has 25 heavy (non-hydrogen) atoms. The SMILES string of the molecule is COC(=O)CC(NC(=O)CCC1CCNC1)c1ccc(SC)cc1.Cl. The Kier molecular flexibility index (Phi) is 9.93. The maximum atomic E-state index is 12.3. The molecule has 0 radical (unpaired) electrons. The third kappa shape index (κ3) is 7.26.